The molecule has 0 saturated carbocycles. The highest BCUT2D eigenvalue weighted by Gasteiger charge is 2.45. The molecule has 1 aliphatic heterocycles. The van der Waals surface area contributed by atoms with Crippen LogP contribution < -0.4 is 0 Å². The lowest BCUT2D eigenvalue weighted by molar-refractivity contribution is -0.240. The minimum atomic E-state index is -1.72. The van der Waals surface area contributed by atoms with Crippen LogP contribution in [0.1, 0.15) is 26.7 Å². The summed E-state index contributed by atoms with van der Waals surface area (Å²) in [5.74, 6) is -1.87. The molecule has 0 aliphatic carbocycles. The Labute approximate surface area is 89.0 Å². The van der Waals surface area contributed by atoms with Gasteiger partial charge in [0, 0.05) is 12.8 Å². The van der Waals surface area contributed by atoms with Crippen LogP contribution >= 0.6 is 0 Å². The first kappa shape index (κ1) is 12.4. The molecular formula is C10H18O5. The first-order chi connectivity index (χ1) is 6.98. The van der Waals surface area contributed by atoms with E-state index in [9.17, 15) is 9.90 Å². The summed E-state index contributed by atoms with van der Waals surface area (Å²) in [4.78, 5) is 11.3. The van der Waals surface area contributed by atoms with E-state index in [1.54, 1.807) is 0 Å². The fraction of sp³-hybridized carbons (Fsp3) is 0.900. The summed E-state index contributed by atoms with van der Waals surface area (Å²) >= 11 is 0. The lowest BCUT2D eigenvalue weighted by Crippen LogP contribution is -2.45. The van der Waals surface area contributed by atoms with Crippen molar-refractivity contribution in [3.8, 4) is 0 Å². The predicted molar refractivity (Wildman–Crippen MR) is 51.9 cm³/mol. The summed E-state index contributed by atoms with van der Waals surface area (Å²) < 4.78 is 9.99. The lowest BCUT2D eigenvalue weighted by Gasteiger charge is -2.26. The van der Waals surface area contributed by atoms with Gasteiger partial charge in [0.05, 0.1) is 6.61 Å². The number of rotatable bonds is 4. The van der Waals surface area contributed by atoms with Crippen LogP contribution in [-0.4, -0.2) is 41.3 Å². The normalized spacial score (nSPS) is 30.9. The van der Waals surface area contributed by atoms with Gasteiger partial charge in [0.25, 0.3) is 0 Å². The Balaban J connectivity index is 2.47. The zero-order valence-corrected chi connectivity index (χ0v) is 9.10. The monoisotopic (exact) mass is 218 g/mol. The Morgan fingerprint density at radius 2 is 2.33 bits per heavy atom. The van der Waals surface area contributed by atoms with E-state index < -0.39 is 18.5 Å². The van der Waals surface area contributed by atoms with E-state index in [0.717, 1.165) is 0 Å². The number of aliphatic hydroxyl groups is 2. The molecule has 5 heteroatoms. The van der Waals surface area contributed by atoms with Crippen LogP contribution in [0.25, 0.3) is 0 Å². The zero-order chi connectivity index (χ0) is 11.5. The molecule has 15 heavy (non-hydrogen) atoms. The third-order valence-corrected chi connectivity index (χ3v) is 2.31. The van der Waals surface area contributed by atoms with Crippen LogP contribution in [0.15, 0.2) is 0 Å². The molecule has 0 aromatic carbocycles. The van der Waals surface area contributed by atoms with Crippen molar-refractivity contribution in [1.29, 1.82) is 0 Å². The lowest BCUT2D eigenvalue weighted by atomic mass is 10.1. The van der Waals surface area contributed by atoms with E-state index in [1.165, 1.54) is 0 Å². The summed E-state index contributed by atoms with van der Waals surface area (Å²) in [7, 11) is 0. The van der Waals surface area contributed by atoms with Gasteiger partial charge in [-0.2, -0.15) is 0 Å². The molecule has 1 saturated heterocycles. The van der Waals surface area contributed by atoms with Crippen LogP contribution in [0.5, 0.6) is 0 Å². The van der Waals surface area contributed by atoms with Gasteiger partial charge in [-0.15, -0.1) is 0 Å². The van der Waals surface area contributed by atoms with Crippen molar-refractivity contribution in [3.05, 3.63) is 0 Å². The number of hydrogen-bond acceptors (Lipinski definition) is 5. The van der Waals surface area contributed by atoms with Gasteiger partial charge in [0.15, 0.2) is 6.10 Å². The average molecular weight is 218 g/mol. The largest absolute Gasteiger partial charge is 0.456 e. The molecule has 1 aliphatic rings. The molecule has 1 heterocycles. The van der Waals surface area contributed by atoms with Gasteiger partial charge in [-0.05, 0) is 5.92 Å². The molecular weight excluding hydrogens is 200 g/mol. The fourth-order valence-electron chi connectivity index (χ4n) is 1.50. The molecule has 88 valence electrons. The Morgan fingerprint density at radius 3 is 2.87 bits per heavy atom. The van der Waals surface area contributed by atoms with Gasteiger partial charge in [-0.1, -0.05) is 13.8 Å². The predicted octanol–water partition coefficient (Wildman–Crippen LogP) is 0.0455. The number of aliphatic hydroxyl groups excluding tert-OH is 1. The van der Waals surface area contributed by atoms with E-state index in [4.69, 9.17) is 14.6 Å². The number of carbonyl (C=O) groups is 1. The Bertz CT molecular complexity index is 228. The molecule has 0 aromatic heterocycles. The molecule has 0 radical (unpaired) electrons. The first-order valence-electron chi connectivity index (χ1n) is 5.14. The maximum absolute atomic E-state index is 11.3. The quantitative estimate of drug-likeness (QED) is 0.652. The van der Waals surface area contributed by atoms with Crippen LogP contribution in [0.3, 0.4) is 0 Å². The van der Waals surface area contributed by atoms with Crippen molar-refractivity contribution in [1.82, 2.24) is 0 Å². The summed E-state index contributed by atoms with van der Waals surface area (Å²) in [5.41, 5.74) is 0. The van der Waals surface area contributed by atoms with Gasteiger partial charge >= 0.3 is 5.97 Å². The van der Waals surface area contributed by atoms with Crippen molar-refractivity contribution in [2.75, 3.05) is 13.2 Å². The molecule has 0 spiro atoms. The molecule has 5 nitrogen and oxygen atoms in total. The Kier molecular flexibility index (Phi) is 4.07. The van der Waals surface area contributed by atoms with Crippen molar-refractivity contribution in [2.45, 2.75) is 38.6 Å². The summed E-state index contributed by atoms with van der Waals surface area (Å²) in [6.07, 6.45) is -0.0347. The fourth-order valence-corrected chi connectivity index (χ4v) is 1.50. The molecule has 2 N–H and O–H groups in total. The van der Waals surface area contributed by atoms with E-state index in [1.807, 2.05) is 13.8 Å². The summed E-state index contributed by atoms with van der Waals surface area (Å²) in [6.45, 7) is 3.54. The van der Waals surface area contributed by atoms with Crippen LogP contribution in [0, 0.1) is 5.92 Å². The third kappa shape index (κ3) is 3.15. The van der Waals surface area contributed by atoms with Crippen LogP contribution in [-0.2, 0) is 14.3 Å². The number of ether oxygens (including phenoxy) is 2. The number of hydrogen-bond donors (Lipinski definition) is 2. The average Bonchev–Trinajstić information content (AvgIpc) is 2.47. The van der Waals surface area contributed by atoms with Crippen molar-refractivity contribution < 1.29 is 24.5 Å². The maximum atomic E-state index is 11.3. The molecule has 0 amide bonds. The standard InChI is InChI=1S/C10H18O5/c1-7(2)5-9(12)15-8-3-4-14-10(8,13)6-11/h7-8,11,13H,3-6H2,1-2H3. The SMILES string of the molecule is CC(C)CC(=O)OC1CCOC1(O)CO. The van der Waals surface area contributed by atoms with Crippen molar-refractivity contribution in [2.24, 2.45) is 5.92 Å². The second kappa shape index (κ2) is 4.92. The molecule has 0 aromatic rings. The van der Waals surface area contributed by atoms with E-state index in [-0.39, 0.29) is 18.5 Å². The summed E-state index contributed by atoms with van der Waals surface area (Å²) in [6, 6.07) is 0. The second-order valence-electron chi connectivity index (χ2n) is 4.22. The van der Waals surface area contributed by atoms with Crippen molar-refractivity contribution in [3.63, 3.8) is 0 Å². The highest BCUT2D eigenvalue weighted by atomic mass is 16.7. The molecule has 1 fully saturated rings. The number of carbonyl (C=O) groups excluding carboxylic acids is 1. The smallest absolute Gasteiger partial charge is 0.306 e. The van der Waals surface area contributed by atoms with Gasteiger partial charge in [-0.3, -0.25) is 4.79 Å². The van der Waals surface area contributed by atoms with Gasteiger partial charge < -0.3 is 19.7 Å². The van der Waals surface area contributed by atoms with Gasteiger partial charge in [-0.25, -0.2) is 0 Å². The molecule has 1 rings (SSSR count). The topological polar surface area (TPSA) is 76.0 Å². The second-order valence-corrected chi connectivity index (χ2v) is 4.22. The highest BCUT2D eigenvalue weighted by molar-refractivity contribution is 5.69. The Morgan fingerprint density at radius 1 is 1.67 bits per heavy atom. The van der Waals surface area contributed by atoms with E-state index >= 15 is 0 Å². The first-order valence-corrected chi connectivity index (χ1v) is 5.14. The van der Waals surface area contributed by atoms with E-state index in [2.05, 4.69) is 0 Å². The number of esters is 1. The molecule has 0 bridgehead atoms. The Hall–Kier alpha value is -0.650. The minimum absolute atomic E-state index is 0.210. The molecule has 2 atom stereocenters. The minimum Gasteiger partial charge on any atom is -0.456 e. The van der Waals surface area contributed by atoms with Crippen LogP contribution in [0.4, 0.5) is 0 Å². The van der Waals surface area contributed by atoms with Gasteiger partial charge in [0.1, 0.15) is 6.61 Å². The van der Waals surface area contributed by atoms with Crippen LogP contribution in [0.2, 0.25) is 0 Å². The summed E-state index contributed by atoms with van der Waals surface area (Å²) in [5, 5.41) is 18.6. The van der Waals surface area contributed by atoms with Gasteiger partial charge in [0.2, 0.25) is 5.79 Å². The van der Waals surface area contributed by atoms with E-state index in [0.29, 0.717) is 12.8 Å². The highest BCUT2D eigenvalue weighted by Crippen LogP contribution is 2.26. The third-order valence-electron chi connectivity index (χ3n) is 2.31. The maximum Gasteiger partial charge on any atom is 0.306 e. The zero-order valence-electron chi connectivity index (χ0n) is 9.10. The molecule has 2 unspecified atom stereocenters. The van der Waals surface area contributed by atoms with Crippen molar-refractivity contribution >= 4 is 5.97 Å².